The van der Waals surface area contributed by atoms with Gasteiger partial charge in [-0.25, -0.2) is 8.78 Å². The Balaban J connectivity index is 1.67. The molecule has 1 aliphatic heterocycles. The van der Waals surface area contributed by atoms with E-state index in [9.17, 15) is 13.6 Å². The van der Waals surface area contributed by atoms with Gasteiger partial charge in [0.25, 0.3) is 11.8 Å². The van der Waals surface area contributed by atoms with Crippen molar-refractivity contribution >= 4 is 5.91 Å². The van der Waals surface area contributed by atoms with Crippen molar-refractivity contribution < 1.29 is 18.3 Å². The van der Waals surface area contributed by atoms with Crippen LogP contribution in [0, 0.1) is 0 Å². The van der Waals surface area contributed by atoms with Crippen LogP contribution < -0.4 is 10.1 Å². The largest absolute Gasteiger partial charge is 0.496 e. The van der Waals surface area contributed by atoms with Crippen LogP contribution >= 0.6 is 0 Å². The third kappa shape index (κ3) is 4.18. The number of methoxy groups -OCH3 is 1. The van der Waals surface area contributed by atoms with Gasteiger partial charge in [-0.05, 0) is 62.9 Å². The number of likely N-dealkylation sites (tertiary alicyclic amines) is 1. The lowest BCUT2D eigenvalue weighted by molar-refractivity contribution is -0.000477. The fourth-order valence-electron chi connectivity index (χ4n) is 5.02. The third-order valence-corrected chi connectivity index (χ3v) is 6.85. The summed E-state index contributed by atoms with van der Waals surface area (Å²) < 4.78 is 32.8. The first-order chi connectivity index (χ1) is 14.8. The molecule has 1 atom stereocenters. The van der Waals surface area contributed by atoms with E-state index in [1.54, 1.807) is 0 Å². The maximum Gasteiger partial charge on any atom is 0.270 e. The van der Waals surface area contributed by atoms with E-state index in [1.165, 1.54) is 38.2 Å². The molecule has 0 radical (unpaired) electrons. The highest BCUT2D eigenvalue weighted by molar-refractivity contribution is 5.97. The van der Waals surface area contributed by atoms with Crippen LogP contribution in [0.25, 0.3) is 0 Å². The zero-order valence-electron chi connectivity index (χ0n) is 18.2. The number of carbonyl (C=O) groups is 1. The van der Waals surface area contributed by atoms with Gasteiger partial charge in [0.1, 0.15) is 5.75 Å². The molecule has 4 rings (SSSR count). The smallest absolute Gasteiger partial charge is 0.270 e. The first-order valence-corrected chi connectivity index (χ1v) is 11.0. The number of ether oxygens (including phenoxy) is 1. The number of nitrogens with zero attached hydrogens (tertiary/aromatic N) is 1. The van der Waals surface area contributed by atoms with Gasteiger partial charge < -0.3 is 10.1 Å². The zero-order valence-corrected chi connectivity index (χ0v) is 18.2. The highest BCUT2D eigenvalue weighted by atomic mass is 19.3. The quantitative estimate of drug-likeness (QED) is 0.651. The van der Waals surface area contributed by atoms with Gasteiger partial charge in [0.2, 0.25) is 0 Å². The van der Waals surface area contributed by atoms with E-state index < -0.39 is 5.92 Å². The van der Waals surface area contributed by atoms with Gasteiger partial charge >= 0.3 is 0 Å². The summed E-state index contributed by atoms with van der Waals surface area (Å²) in [5, 5.41) is 3.25. The lowest BCUT2D eigenvalue weighted by Gasteiger charge is -2.54. The molecular formula is C25H30F2N2O2. The number of hydrogen-bond acceptors (Lipinski definition) is 3. The summed E-state index contributed by atoms with van der Waals surface area (Å²) in [5.74, 6) is -3.14. The molecule has 31 heavy (non-hydrogen) atoms. The number of amides is 1. The molecule has 1 heterocycles. The molecule has 2 aromatic carbocycles. The van der Waals surface area contributed by atoms with Gasteiger partial charge in [-0.1, -0.05) is 36.4 Å². The van der Waals surface area contributed by atoms with Crippen LogP contribution in [0.5, 0.6) is 5.75 Å². The number of carbonyl (C=O) groups excluding carboxylic acids is 1. The van der Waals surface area contributed by atoms with Gasteiger partial charge in [-0.3, -0.25) is 9.69 Å². The Bertz CT molecular complexity index is 917. The minimum atomic E-state index is -3.00. The number of nitrogens with one attached hydrogen (secondary N) is 1. The highest BCUT2D eigenvalue weighted by Gasteiger charge is 2.50. The monoisotopic (exact) mass is 428 g/mol. The SMILES string of the molecule is COc1cc(C(C)(F)F)ccc1C(=O)NC(c1ccccc1)C1(N2CCCC2)CCC1. The van der Waals surface area contributed by atoms with Crippen LogP contribution in [0.3, 0.4) is 0 Å². The van der Waals surface area contributed by atoms with E-state index in [0.717, 1.165) is 44.8 Å². The van der Waals surface area contributed by atoms with Crippen molar-refractivity contribution in [2.45, 2.75) is 56.5 Å². The number of benzene rings is 2. The van der Waals surface area contributed by atoms with Gasteiger partial charge in [-0.2, -0.15) is 0 Å². The Kier molecular flexibility index (Phi) is 6.02. The fraction of sp³-hybridized carbons (Fsp3) is 0.480. The third-order valence-electron chi connectivity index (χ3n) is 6.85. The molecule has 1 N–H and O–H groups in total. The summed E-state index contributed by atoms with van der Waals surface area (Å²) in [5.41, 5.74) is 1.07. The summed E-state index contributed by atoms with van der Waals surface area (Å²) in [6, 6.07) is 13.9. The van der Waals surface area contributed by atoms with E-state index in [2.05, 4.69) is 22.3 Å². The Morgan fingerprint density at radius 1 is 1.10 bits per heavy atom. The van der Waals surface area contributed by atoms with Crippen molar-refractivity contribution in [3.63, 3.8) is 0 Å². The molecule has 2 aromatic rings. The van der Waals surface area contributed by atoms with Crippen LogP contribution in [0.4, 0.5) is 8.78 Å². The molecule has 1 aliphatic carbocycles. The van der Waals surface area contributed by atoms with Crippen molar-refractivity contribution in [3.8, 4) is 5.75 Å². The number of alkyl halides is 2. The zero-order chi connectivity index (χ0) is 22.1. The van der Waals surface area contributed by atoms with Gasteiger partial charge in [-0.15, -0.1) is 0 Å². The van der Waals surface area contributed by atoms with Crippen molar-refractivity contribution in [1.82, 2.24) is 10.2 Å². The van der Waals surface area contributed by atoms with Crippen LogP contribution in [0.1, 0.15) is 66.6 Å². The molecular weight excluding hydrogens is 398 g/mol. The maximum atomic E-state index is 13.8. The van der Waals surface area contributed by atoms with E-state index in [0.29, 0.717) is 0 Å². The average molecular weight is 429 g/mol. The molecule has 2 aliphatic rings. The van der Waals surface area contributed by atoms with Crippen LogP contribution in [0.2, 0.25) is 0 Å². The molecule has 0 spiro atoms. The summed E-state index contributed by atoms with van der Waals surface area (Å²) in [4.78, 5) is 15.9. The Labute approximate surface area is 182 Å². The maximum absolute atomic E-state index is 13.8. The summed E-state index contributed by atoms with van der Waals surface area (Å²) >= 11 is 0. The van der Waals surface area contributed by atoms with Crippen molar-refractivity contribution in [1.29, 1.82) is 0 Å². The first kappa shape index (κ1) is 21.8. The predicted octanol–water partition coefficient (Wildman–Crippen LogP) is 5.30. The standard InChI is InChI=1S/C25H30F2N2O2/c1-24(26,27)19-11-12-20(21(17-19)31-2)23(30)28-22(18-9-4-3-5-10-18)25(13-8-14-25)29-15-6-7-16-29/h3-5,9-12,17,22H,6-8,13-16H2,1-2H3,(H,28,30). The Hall–Kier alpha value is -2.47. The number of halogens is 2. The molecule has 1 amide bonds. The first-order valence-electron chi connectivity index (χ1n) is 11.0. The molecule has 0 aromatic heterocycles. The van der Waals surface area contributed by atoms with Crippen molar-refractivity contribution in [3.05, 3.63) is 65.2 Å². The van der Waals surface area contributed by atoms with Crippen molar-refractivity contribution in [2.75, 3.05) is 20.2 Å². The second-order valence-corrected chi connectivity index (χ2v) is 8.77. The second-order valence-electron chi connectivity index (χ2n) is 8.77. The van der Waals surface area contributed by atoms with Crippen LogP contribution in [-0.2, 0) is 5.92 Å². The molecule has 1 unspecified atom stereocenters. The molecule has 1 saturated carbocycles. The highest BCUT2D eigenvalue weighted by Crippen LogP contribution is 2.48. The lowest BCUT2D eigenvalue weighted by Crippen LogP contribution is -2.60. The summed E-state index contributed by atoms with van der Waals surface area (Å²) in [7, 11) is 1.40. The molecule has 1 saturated heterocycles. The topological polar surface area (TPSA) is 41.6 Å². The van der Waals surface area contributed by atoms with E-state index in [4.69, 9.17) is 4.74 Å². The van der Waals surface area contributed by atoms with Gasteiger partial charge in [0.15, 0.2) is 0 Å². The second kappa shape index (κ2) is 8.58. The Morgan fingerprint density at radius 2 is 1.77 bits per heavy atom. The minimum absolute atomic E-state index is 0.100. The molecule has 6 heteroatoms. The Morgan fingerprint density at radius 3 is 2.32 bits per heavy atom. The molecule has 2 fully saturated rings. The molecule has 166 valence electrons. The van der Waals surface area contributed by atoms with Gasteiger partial charge in [0, 0.05) is 18.0 Å². The van der Waals surface area contributed by atoms with E-state index >= 15 is 0 Å². The predicted molar refractivity (Wildman–Crippen MR) is 117 cm³/mol. The summed E-state index contributed by atoms with van der Waals surface area (Å²) in [6.07, 6.45) is 5.56. The average Bonchev–Trinajstić information content (AvgIpc) is 3.26. The van der Waals surface area contributed by atoms with Gasteiger partial charge in [0.05, 0.1) is 18.7 Å². The van der Waals surface area contributed by atoms with E-state index in [-0.39, 0.29) is 34.4 Å². The number of rotatable bonds is 7. The fourth-order valence-corrected chi connectivity index (χ4v) is 5.02. The van der Waals surface area contributed by atoms with Crippen LogP contribution in [0.15, 0.2) is 48.5 Å². The van der Waals surface area contributed by atoms with Crippen molar-refractivity contribution in [2.24, 2.45) is 0 Å². The lowest BCUT2D eigenvalue weighted by atomic mass is 9.68. The van der Waals surface area contributed by atoms with Crippen LogP contribution in [-0.4, -0.2) is 36.5 Å². The molecule has 0 bridgehead atoms. The molecule has 4 nitrogen and oxygen atoms in total. The minimum Gasteiger partial charge on any atom is -0.496 e. The summed E-state index contributed by atoms with van der Waals surface area (Å²) in [6.45, 7) is 2.93. The van der Waals surface area contributed by atoms with E-state index in [1.807, 2.05) is 18.2 Å². The normalized spacial score (nSPS) is 19.5. The number of hydrogen-bond donors (Lipinski definition) is 1.